The lowest BCUT2D eigenvalue weighted by Crippen LogP contribution is -1.90. The smallest absolute Gasteiger partial charge is 0.168 e. The molecule has 4 heteroatoms. The van der Waals surface area contributed by atoms with E-state index in [0.29, 0.717) is 0 Å². The fraction of sp³-hybridized carbons (Fsp3) is 0.500. The number of rotatable bonds is 2. The molecule has 0 spiro atoms. The average molecular weight is 174 g/mol. The van der Waals surface area contributed by atoms with E-state index in [1.165, 1.54) is 5.03 Å². The summed E-state index contributed by atoms with van der Waals surface area (Å²) in [6, 6.07) is 0. The van der Waals surface area contributed by atoms with Crippen LogP contribution in [0.15, 0.2) is 16.4 Å². The Balaban J connectivity index is 2.97. The Kier molecular flexibility index (Phi) is 2.68. The van der Waals surface area contributed by atoms with E-state index in [1.807, 2.05) is 19.5 Å². The molecule has 10 heavy (non-hydrogen) atoms. The van der Waals surface area contributed by atoms with Gasteiger partial charge < -0.3 is 4.57 Å². The fourth-order valence-electron chi connectivity index (χ4n) is 0.757. The molecule has 0 N–H and O–H groups in total. The van der Waals surface area contributed by atoms with Gasteiger partial charge in [-0.1, -0.05) is 11.8 Å². The summed E-state index contributed by atoms with van der Waals surface area (Å²) >= 11 is 3.39. The van der Waals surface area contributed by atoms with Gasteiger partial charge in [-0.3, -0.25) is 0 Å². The summed E-state index contributed by atoms with van der Waals surface area (Å²) < 4.78 is 2.09. The van der Waals surface area contributed by atoms with Crippen LogP contribution >= 0.6 is 23.5 Å². The quantitative estimate of drug-likeness (QED) is 0.637. The van der Waals surface area contributed by atoms with Gasteiger partial charge in [0.15, 0.2) is 5.16 Å². The minimum absolute atomic E-state index is 1.07. The highest BCUT2D eigenvalue weighted by Crippen LogP contribution is 2.19. The van der Waals surface area contributed by atoms with E-state index in [4.69, 9.17) is 0 Å². The number of aromatic nitrogens is 2. The predicted octanol–water partition coefficient (Wildman–Crippen LogP) is 1.86. The van der Waals surface area contributed by atoms with Crippen molar-refractivity contribution in [1.82, 2.24) is 9.55 Å². The Bertz CT molecular complexity index is 198. The Morgan fingerprint density at radius 1 is 1.40 bits per heavy atom. The lowest BCUT2D eigenvalue weighted by Gasteiger charge is -1.98. The van der Waals surface area contributed by atoms with Gasteiger partial charge in [0.25, 0.3) is 0 Å². The van der Waals surface area contributed by atoms with E-state index in [2.05, 4.69) is 15.8 Å². The third-order valence-electron chi connectivity index (χ3n) is 1.29. The van der Waals surface area contributed by atoms with E-state index >= 15 is 0 Å². The van der Waals surface area contributed by atoms with Crippen LogP contribution in [0.3, 0.4) is 0 Å². The first-order valence-corrected chi connectivity index (χ1v) is 5.34. The maximum atomic E-state index is 4.21. The monoisotopic (exact) mass is 174 g/mol. The van der Waals surface area contributed by atoms with Gasteiger partial charge in [0.2, 0.25) is 0 Å². The molecule has 0 fully saturated rings. The molecule has 0 radical (unpaired) electrons. The van der Waals surface area contributed by atoms with Crippen molar-refractivity contribution in [3.63, 3.8) is 0 Å². The summed E-state index contributed by atoms with van der Waals surface area (Å²) in [5, 5.41) is 2.29. The van der Waals surface area contributed by atoms with Gasteiger partial charge in [0.1, 0.15) is 0 Å². The van der Waals surface area contributed by atoms with Crippen LogP contribution in [0.25, 0.3) is 0 Å². The van der Waals surface area contributed by atoms with E-state index in [-0.39, 0.29) is 0 Å². The maximum Gasteiger partial charge on any atom is 0.168 e. The van der Waals surface area contributed by atoms with Crippen molar-refractivity contribution in [1.29, 1.82) is 0 Å². The molecule has 0 saturated heterocycles. The van der Waals surface area contributed by atoms with E-state index in [1.54, 1.807) is 23.5 Å². The van der Waals surface area contributed by atoms with E-state index < -0.39 is 0 Å². The molecule has 0 amide bonds. The minimum Gasteiger partial charge on any atom is -0.317 e. The van der Waals surface area contributed by atoms with Gasteiger partial charge in [0.05, 0.1) is 11.2 Å². The second-order valence-electron chi connectivity index (χ2n) is 1.85. The molecule has 1 heterocycles. The number of nitrogens with zero attached hydrogens (tertiary/aromatic N) is 2. The van der Waals surface area contributed by atoms with E-state index in [0.717, 1.165) is 5.16 Å². The van der Waals surface area contributed by atoms with Crippen LogP contribution in [-0.2, 0) is 7.05 Å². The molecule has 0 aliphatic rings. The SMILES string of the molecule is CSc1cnc(SC)n1C. The van der Waals surface area contributed by atoms with Gasteiger partial charge in [0, 0.05) is 7.05 Å². The molecular formula is C6H10N2S2. The highest BCUT2D eigenvalue weighted by Gasteiger charge is 2.01. The lowest BCUT2D eigenvalue weighted by molar-refractivity contribution is 0.730. The van der Waals surface area contributed by atoms with Crippen molar-refractivity contribution in [2.45, 2.75) is 10.2 Å². The van der Waals surface area contributed by atoms with E-state index in [9.17, 15) is 0 Å². The second-order valence-corrected chi connectivity index (χ2v) is 3.45. The summed E-state index contributed by atoms with van der Waals surface area (Å²) in [4.78, 5) is 4.21. The van der Waals surface area contributed by atoms with Gasteiger partial charge in [-0.25, -0.2) is 4.98 Å². The van der Waals surface area contributed by atoms with Crippen molar-refractivity contribution in [2.24, 2.45) is 7.05 Å². The van der Waals surface area contributed by atoms with Crippen molar-refractivity contribution in [3.05, 3.63) is 6.20 Å². The first kappa shape index (κ1) is 8.01. The van der Waals surface area contributed by atoms with Crippen LogP contribution in [0.1, 0.15) is 0 Å². The zero-order chi connectivity index (χ0) is 7.56. The molecule has 0 bridgehead atoms. The Morgan fingerprint density at radius 2 is 2.10 bits per heavy atom. The van der Waals surface area contributed by atoms with Gasteiger partial charge >= 0.3 is 0 Å². The predicted molar refractivity (Wildman–Crippen MR) is 46.8 cm³/mol. The summed E-state index contributed by atoms with van der Waals surface area (Å²) in [5.74, 6) is 0. The molecule has 56 valence electrons. The van der Waals surface area contributed by atoms with Crippen molar-refractivity contribution in [2.75, 3.05) is 12.5 Å². The zero-order valence-corrected chi connectivity index (χ0v) is 7.92. The first-order chi connectivity index (χ1) is 4.79. The molecule has 0 atom stereocenters. The third-order valence-corrected chi connectivity index (χ3v) is 2.84. The van der Waals surface area contributed by atoms with Crippen LogP contribution in [0, 0.1) is 0 Å². The molecule has 0 aromatic carbocycles. The van der Waals surface area contributed by atoms with Gasteiger partial charge in [-0.2, -0.15) is 0 Å². The second kappa shape index (κ2) is 3.34. The minimum atomic E-state index is 1.07. The molecule has 1 aromatic rings. The largest absolute Gasteiger partial charge is 0.317 e. The molecule has 1 aromatic heterocycles. The first-order valence-electron chi connectivity index (χ1n) is 2.89. The molecule has 2 nitrogen and oxygen atoms in total. The Morgan fingerprint density at radius 3 is 2.40 bits per heavy atom. The summed E-state index contributed by atoms with van der Waals surface area (Å²) in [6.45, 7) is 0. The summed E-state index contributed by atoms with van der Waals surface area (Å²) in [7, 11) is 2.03. The Labute approximate surface area is 69.4 Å². The van der Waals surface area contributed by atoms with Crippen molar-refractivity contribution < 1.29 is 0 Å². The van der Waals surface area contributed by atoms with Crippen LogP contribution < -0.4 is 0 Å². The number of hydrogen-bond donors (Lipinski definition) is 0. The molecule has 1 rings (SSSR count). The number of hydrogen-bond acceptors (Lipinski definition) is 3. The lowest BCUT2D eigenvalue weighted by atomic mass is 10.9. The van der Waals surface area contributed by atoms with Crippen LogP contribution in [0.2, 0.25) is 0 Å². The summed E-state index contributed by atoms with van der Waals surface area (Å²) in [5.41, 5.74) is 0. The highest BCUT2D eigenvalue weighted by molar-refractivity contribution is 7.99. The zero-order valence-electron chi connectivity index (χ0n) is 6.29. The number of imidazole rings is 1. The fourth-order valence-corrected chi connectivity index (χ4v) is 1.86. The molecule has 0 saturated carbocycles. The van der Waals surface area contributed by atoms with Gasteiger partial charge in [-0.15, -0.1) is 11.8 Å². The van der Waals surface area contributed by atoms with Gasteiger partial charge in [-0.05, 0) is 12.5 Å². The Hall–Kier alpha value is -0.0900. The highest BCUT2D eigenvalue weighted by atomic mass is 32.2. The van der Waals surface area contributed by atoms with Crippen LogP contribution in [0.5, 0.6) is 0 Å². The van der Waals surface area contributed by atoms with Crippen molar-refractivity contribution in [3.8, 4) is 0 Å². The van der Waals surface area contributed by atoms with Crippen LogP contribution in [0.4, 0.5) is 0 Å². The molecule has 0 unspecified atom stereocenters. The van der Waals surface area contributed by atoms with Crippen LogP contribution in [-0.4, -0.2) is 22.1 Å². The molecule has 0 aliphatic heterocycles. The van der Waals surface area contributed by atoms with Crippen molar-refractivity contribution >= 4 is 23.5 Å². The number of thioether (sulfide) groups is 2. The maximum absolute atomic E-state index is 4.21. The average Bonchev–Trinajstić information content (AvgIpc) is 2.30. The molecule has 0 aliphatic carbocycles. The topological polar surface area (TPSA) is 17.8 Å². The normalized spacial score (nSPS) is 10.3. The third kappa shape index (κ3) is 1.32. The standard InChI is InChI=1S/C6H10N2S2/c1-8-5(9-2)4-7-6(8)10-3/h4H,1-3H3. The summed E-state index contributed by atoms with van der Waals surface area (Å²) in [6.07, 6.45) is 5.99. The molecular weight excluding hydrogens is 164 g/mol.